The third-order valence-electron chi connectivity index (χ3n) is 5.23. The van der Waals surface area contributed by atoms with Gasteiger partial charge in [0.05, 0.1) is 24.3 Å². The van der Waals surface area contributed by atoms with Gasteiger partial charge in [0.2, 0.25) is 0 Å². The van der Waals surface area contributed by atoms with Crippen molar-refractivity contribution >= 4 is 10.9 Å². The van der Waals surface area contributed by atoms with Crippen LogP contribution in [0.5, 0.6) is 5.75 Å². The fraction of sp³-hybridized carbons (Fsp3) is 0.417. The Bertz CT molecular complexity index is 933. The van der Waals surface area contributed by atoms with Crippen molar-refractivity contribution in [2.45, 2.75) is 32.0 Å². The molecule has 30 heavy (non-hydrogen) atoms. The Labute approximate surface area is 177 Å². The van der Waals surface area contributed by atoms with Crippen molar-refractivity contribution in [2.24, 2.45) is 0 Å². The number of nitrogens with zero attached hydrogens (tertiary/aromatic N) is 1. The summed E-state index contributed by atoms with van der Waals surface area (Å²) < 4.78 is 32.1. The Morgan fingerprint density at radius 2 is 1.73 bits per heavy atom. The highest BCUT2D eigenvalue weighted by Gasteiger charge is 2.23. The number of halogens is 1. The number of ether oxygens (including phenoxy) is 3. The first-order valence-corrected chi connectivity index (χ1v) is 10.2. The van der Waals surface area contributed by atoms with Gasteiger partial charge in [-0.1, -0.05) is 12.1 Å². The van der Waals surface area contributed by atoms with Gasteiger partial charge in [0.1, 0.15) is 17.7 Å². The van der Waals surface area contributed by atoms with Crippen LogP contribution in [0, 0.1) is 5.82 Å². The third-order valence-corrected chi connectivity index (χ3v) is 5.23. The lowest BCUT2D eigenvalue weighted by Gasteiger charge is -2.29. The Balaban J connectivity index is 1.67. The molecule has 162 valence electrons. The molecule has 3 aromatic rings. The van der Waals surface area contributed by atoms with Crippen LogP contribution in [0.4, 0.5) is 4.39 Å². The van der Waals surface area contributed by atoms with Crippen LogP contribution >= 0.6 is 0 Å². The van der Waals surface area contributed by atoms with Crippen molar-refractivity contribution in [3.8, 4) is 5.75 Å². The molecule has 5 nitrogen and oxygen atoms in total. The summed E-state index contributed by atoms with van der Waals surface area (Å²) >= 11 is 0. The monoisotopic (exact) mass is 414 g/mol. The molecule has 0 bridgehead atoms. The van der Waals surface area contributed by atoms with Gasteiger partial charge in [-0.2, -0.15) is 0 Å². The van der Waals surface area contributed by atoms with Gasteiger partial charge in [0, 0.05) is 39.6 Å². The SMILES string of the molecule is COCC(C)(COC)NCCn1ccc2ccc(OC(C)c3ccc(F)cc3)cc21. The molecule has 0 amide bonds. The van der Waals surface area contributed by atoms with E-state index in [0.717, 1.165) is 35.3 Å². The number of benzene rings is 2. The minimum Gasteiger partial charge on any atom is -0.486 e. The van der Waals surface area contributed by atoms with Gasteiger partial charge < -0.3 is 24.1 Å². The quantitative estimate of drug-likeness (QED) is 0.500. The highest BCUT2D eigenvalue weighted by molar-refractivity contribution is 5.81. The second kappa shape index (κ2) is 10.1. The van der Waals surface area contributed by atoms with E-state index in [2.05, 4.69) is 41.2 Å². The second-order valence-electron chi connectivity index (χ2n) is 7.89. The molecule has 6 heteroatoms. The number of fused-ring (bicyclic) bond motifs is 1. The van der Waals surface area contributed by atoms with Crippen molar-refractivity contribution in [1.29, 1.82) is 0 Å². The number of methoxy groups -OCH3 is 2. The van der Waals surface area contributed by atoms with E-state index in [1.165, 1.54) is 12.1 Å². The Morgan fingerprint density at radius 1 is 1.03 bits per heavy atom. The molecule has 2 aromatic carbocycles. The van der Waals surface area contributed by atoms with E-state index in [1.54, 1.807) is 26.4 Å². The van der Waals surface area contributed by atoms with Crippen LogP contribution < -0.4 is 10.1 Å². The molecule has 0 saturated carbocycles. The summed E-state index contributed by atoms with van der Waals surface area (Å²) in [6, 6.07) is 14.6. The molecule has 0 aliphatic rings. The normalized spacial score (nSPS) is 13.0. The Kier molecular flexibility index (Phi) is 7.48. The maximum Gasteiger partial charge on any atom is 0.123 e. The summed E-state index contributed by atoms with van der Waals surface area (Å²) in [5.41, 5.74) is 1.82. The summed E-state index contributed by atoms with van der Waals surface area (Å²) in [5.74, 6) is 0.543. The van der Waals surface area contributed by atoms with Crippen molar-refractivity contribution in [1.82, 2.24) is 9.88 Å². The summed E-state index contributed by atoms with van der Waals surface area (Å²) in [7, 11) is 3.40. The molecule has 0 saturated heterocycles. The minimum atomic E-state index is -0.245. The molecule has 0 spiro atoms. The Morgan fingerprint density at radius 3 is 2.40 bits per heavy atom. The predicted octanol–water partition coefficient (Wildman–Crippen LogP) is 4.56. The van der Waals surface area contributed by atoms with Gasteiger partial charge in [0.15, 0.2) is 0 Å². The zero-order valence-electron chi connectivity index (χ0n) is 18.2. The van der Waals surface area contributed by atoms with E-state index >= 15 is 0 Å². The van der Waals surface area contributed by atoms with Gasteiger partial charge in [-0.3, -0.25) is 0 Å². The molecule has 1 unspecified atom stereocenters. The van der Waals surface area contributed by atoms with Gasteiger partial charge in [-0.15, -0.1) is 0 Å². The minimum absolute atomic E-state index is 0.170. The van der Waals surface area contributed by atoms with Crippen LogP contribution in [0.1, 0.15) is 25.5 Å². The molecule has 0 aliphatic carbocycles. The van der Waals surface area contributed by atoms with Crippen molar-refractivity contribution in [3.63, 3.8) is 0 Å². The summed E-state index contributed by atoms with van der Waals surface area (Å²) in [5, 5.41) is 4.70. The zero-order valence-corrected chi connectivity index (χ0v) is 18.2. The first-order valence-electron chi connectivity index (χ1n) is 10.2. The lowest BCUT2D eigenvalue weighted by Crippen LogP contribution is -2.50. The zero-order chi connectivity index (χ0) is 21.6. The van der Waals surface area contributed by atoms with Crippen LogP contribution in [-0.2, 0) is 16.0 Å². The fourth-order valence-electron chi connectivity index (χ4n) is 3.70. The van der Waals surface area contributed by atoms with E-state index in [-0.39, 0.29) is 17.5 Å². The van der Waals surface area contributed by atoms with E-state index in [0.29, 0.717) is 13.2 Å². The van der Waals surface area contributed by atoms with Crippen molar-refractivity contribution < 1.29 is 18.6 Å². The van der Waals surface area contributed by atoms with Crippen LogP contribution in [0.3, 0.4) is 0 Å². The number of hydrogen-bond acceptors (Lipinski definition) is 4. The van der Waals surface area contributed by atoms with Crippen LogP contribution in [0.15, 0.2) is 54.7 Å². The van der Waals surface area contributed by atoms with Crippen molar-refractivity contribution in [3.05, 3.63) is 66.1 Å². The van der Waals surface area contributed by atoms with Crippen molar-refractivity contribution in [2.75, 3.05) is 34.0 Å². The number of rotatable bonds is 11. The summed E-state index contributed by atoms with van der Waals surface area (Å²) in [6.45, 7) is 6.80. The molecule has 1 aromatic heterocycles. The van der Waals surface area contributed by atoms with Gasteiger partial charge in [0.25, 0.3) is 0 Å². The molecule has 1 heterocycles. The molecule has 1 N–H and O–H groups in total. The average Bonchev–Trinajstić information content (AvgIpc) is 3.11. The number of hydrogen-bond donors (Lipinski definition) is 1. The average molecular weight is 415 g/mol. The largest absolute Gasteiger partial charge is 0.486 e. The van der Waals surface area contributed by atoms with E-state index < -0.39 is 0 Å². The molecular formula is C24H31FN2O3. The first-order chi connectivity index (χ1) is 14.4. The van der Waals surface area contributed by atoms with Gasteiger partial charge in [-0.25, -0.2) is 4.39 Å². The van der Waals surface area contributed by atoms with Crippen LogP contribution in [0.25, 0.3) is 10.9 Å². The molecule has 3 rings (SSSR count). The van der Waals surface area contributed by atoms with Crippen LogP contribution in [-0.4, -0.2) is 44.1 Å². The predicted molar refractivity (Wildman–Crippen MR) is 118 cm³/mol. The maximum absolute atomic E-state index is 13.2. The standard InChI is InChI=1S/C24H31FN2O3/c1-18(19-5-8-21(25)9-6-19)30-22-10-7-20-11-13-27(23(20)15-22)14-12-26-24(2,16-28-3)17-29-4/h5-11,13,15,18,26H,12,14,16-17H2,1-4H3. The lowest BCUT2D eigenvalue weighted by molar-refractivity contribution is 0.0515. The van der Waals surface area contributed by atoms with E-state index in [4.69, 9.17) is 14.2 Å². The Hall–Kier alpha value is -2.41. The maximum atomic E-state index is 13.2. The smallest absolute Gasteiger partial charge is 0.123 e. The molecule has 1 atom stereocenters. The lowest BCUT2D eigenvalue weighted by atomic mass is 10.1. The fourth-order valence-corrected chi connectivity index (χ4v) is 3.70. The first kappa shape index (κ1) is 22.3. The van der Waals surface area contributed by atoms with E-state index in [9.17, 15) is 4.39 Å². The summed E-state index contributed by atoms with van der Waals surface area (Å²) in [6.07, 6.45) is 1.92. The molecule has 0 fully saturated rings. The van der Waals surface area contributed by atoms with Gasteiger partial charge in [-0.05, 0) is 55.1 Å². The topological polar surface area (TPSA) is 44.7 Å². The highest BCUT2D eigenvalue weighted by atomic mass is 19.1. The van der Waals surface area contributed by atoms with E-state index in [1.807, 2.05) is 13.0 Å². The number of aromatic nitrogens is 1. The van der Waals surface area contributed by atoms with Crippen LogP contribution in [0.2, 0.25) is 0 Å². The molecule has 0 radical (unpaired) electrons. The molecule has 0 aliphatic heterocycles. The third kappa shape index (κ3) is 5.59. The van der Waals surface area contributed by atoms with Gasteiger partial charge >= 0.3 is 0 Å². The highest BCUT2D eigenvalue weighted by Crippen LogP contribution is 2.26. The molecular weight excluding hydrogens is 383 g/mol. The summed E-state index contributed by atoms with van der Waals surface area (Å²) in [4.78, 5) is 0. The number of nitrogens with one attached hydrogen (secondary N) is 1. The second-order valence-corrected chi connectivity index (χ2v) is 7.89.